The van der Waals surface area contributed by atoms with Crippen molar-refractivity contribution in [2.75, 3.05) is 11.1 Å². The Morgan fingerprint density at radius 3 is 2.55 bits per heavy atom. The van der Waals surface area contributed by atoms with E-state index in [1.165, 1.54) is 16.7 Å². The number of benzene rings is 3. The van der Waals surface area contributed by atoms with Crippen LogP contribution in [0, 0.1) is 13.8 Å². The predicted molar refractivity (Wildman–Crippen MR) is 130 cm³/mol. The molecular weight excluding hydrogens is 438 g/mol. The van der Waals surface area contributed by atoms with Crippen LogP contribution in [0.3, 0.4) is 0 Å². The number of hydrogen-bond acceptors (Lipinski definition) is 5. The maximum Gasteiger partial charge on any atom is 0.335 e. The van der Waals surface area contributed by atoms with E-state index in [4.69, 9.17) is 5.11 Å². The number of para-hydroxylation sites is 1. The fourth-order valence-corrected chi connectivity index (χ4v) is 4.17. The summed E-state index contributed by atoms with van der Waals surface area (Å²) in [4.78, 5) is 41.7. The monoisotopic (exact) mass is 459 g/mol. The van der Waals surface area contributed by atoms with Crippen molar-refractivity contribution in [3.63, 3.8) is 0 Å². The van der Waals surface area contributed by atoms with Crippen LogP contribution in [0.25, 0.3) is 16.6 Å². The Bertz CT molecular complexity index is 1450. The maximum atomic E-state index is 13.3. The number of fused-ring (bicyclic) bond motifs is 1. The largest absolute Gasteiger partial charge is 0.478 e. The Labute approximate surface area is 194 Å². The number of carboxylic acids is 1. The molecule has 33 heavy (non-hydrogen) atoms. The van der Waals surface area contributed by atoms with Crippen molar-refractivity contribution in [2.24, 2.45) is 0 Å². The van der Waals surface area contributed by atoms with E-state index in [1.807, 2.05) is 38.1 Å². The van der Waals surface area contributed by atoms with E-state index in [2.05, 4.69) is 10.3 Å². The van der Waals surface area contributed by atoms with E-state index in [-0.39, 0.29) is 22.8 Å². The van der Waals surface area contributed by atoms with Gasteiger partial charge in [0.25, 0.3) is 5.56 Å². The number of aromatic nitrogens is 2. The highest BCUT2D eigenvalue weighted by molar-refractivity contribution is 7.99. The van der Waals surface area contributed by atoms with Gasteiger partial charge in [0.15, 0.2) is 5.16 Å². The molecule has 4 rings (SSSR count). The average Bonchev–Trinajstić information content (AvgIpc) is 2.80. The van der Waals surface area contributed by atoms with Gasteiger partial charge in [0, 0.05) is 5.69 Å². The summed E-state index contributed by atoms with van der Waals surface area (Å²) in [7, 11) is 0. The summed E-state index contributed by atoms with van der Waals surface area (Å²) in [5.41, 5.74) is 3.65. The van der Waals surface area contributed by atoms with Crippen LogP contribution in [0.1, 0.15) is 21.5 Å². The average molecular weight is 460 g/mol. The molecule has 0 fully saturated rings. The van der Waals surface area contributed by atoms with E-state index < -0.39 is 5.97 Å². The van der Waals surface area contributed by atoms with Gasteiger partial charge in [0.05, 0.1) is 27.9 Å². The molecular formula is C25H21N3O4S. The molecule has 166 valence electrons. The molecule has 1 amide bonds. The van der Waals surface area contributed by atoms with Crippen molar-refractivity contribution in [1.29, 1.82) is 0 Å². The molecule has 7 nitrogen and oxygen atoms in total. The zero-order valence-electron chi connectivity index (χ0n) is 18.0. The lowest BCUT2D eigenvalue weighted by Gasteiger charge is -2.14. The molecule has 0 atom stereocenters. The Morgan fingerprint density at radius 2 is 1.79 bits per heavy atom. The first-order valence-electron chi connectivity index (χ1n) is 10.2. The van der Waals surface area contributed by atoms with E-state index in [1.54, 1.807) is 30.3 Å². The summed E-state index contributed by atoms with van der Waals surface area (Å²) < 4.78 is 1.53. The molecule has 1 aromatic heterocycles. The lowest BCUT2D eigenvalue weighted by atomic mass is 10.1. The van der Waals surface area contributed by atoms with E-state index >= 15 is 0 Å². The molecule has 0 saturated carbocycles. The van der Waals surface area contributed by atoms with Crippen molar-refractivity contribution < 1.29 is 14.7 Å². The third-order valence-electron chi connectivity index (χ3n) is 5.22. The highest BCUT2D eigenvalue weighted by Gasteiger charge is 2.15. The van der Waals surface area contributed by atoms with Gasteiger partial charge < -0.3 is 10.4 Å². The summed E-state index contributed by atoms with van der Waals surface area (Å²) >= 11 is 1.14. The van der Waals surface area contributed by atoms with Crippen LogP contribution in [0.15, 0.2) is 76.7 Å². The zero-order chi connectivity index (χ0) is 23.5. The van der Waals surface area contributed by atoms with Gasteiger partial charge in [-0.3, -0.25) is 14.2 Å². The quantitative estimate of drug-likeness (QED) is 0.327. The molecule has 0 saturated heterocycles. The lowest BCUT2D eigenvalue weighted by Crippen LogP contribution is -2.23. The third-order valence-corrected chi connectivity index (χ3v) is 6.16. The summed E-state index contributed by atoms with van der Waals surface area (Å²) in [6.07, 6.45) is 0. The van der Waals surface area contributed by atoms with Gasteiger partial charge >= 0.3 is 5.97 Å². The first kappa shape index (κ1) is 22.3. The minimum absolute atomic E-state index is 0.00702. The first-order valence-corrected chi connectivity index (χ1v) is 11.2. The number of nitrogens with one attached hydrogen (secondary N) is 1. The number of anilines is 1. The smallest absolute Gasteiger partial charge is 0.335 e. The predicted octanol–water partition coefficient (Wildman–Crippen LogP) is 4.43. The number of amides is 1. The second kappa shape index (κ2) is 9.30. The van der Waals surface area contributed by atoms with E-state index in [9.17, 15) is 14.4 Å². The van der Waals surface area contributed by atoms with E-state index in [0.29, 0.717) is 27.4 Å². The van der Waals surface area contributed by atoms with Gasteiger partial charge in [0.2, 0.25) is 5.91 Å². The van der Waals surface area contributed by atoms with Crippen LogP contribution >= 0.6 is 11.8 Å². The molecule has 2 N–H and O–H groups in total. The van der Waals surface area contributed by atoms with Crippen LogP contribution in [-0.2, 0) is 4.79 Å². The summed E-state index contributed by atoms with van der Waals surface area (Å²) in [5.74, 6) is -1.41. The van der Waals surface area contributed by atoms with Crippen molar-refractivity contribution in [1.82, 2.24) is 9.55 Å². The minimum atomic E-state index is -1.07. The number of carbonyl (C=O) groups excluding carboxylic acids is 1. The molecule has 0 aliphatic carbocycles. The maximum absolute atomic E-state index is 13.3. The fourth-order valence-electron chi connectivity index (χ4n) is 3.36. The number of carbonyl (C=O) groups is 2. The SMILES string of the molecule is Cc1ccc(-n2c(SCC(=O)Nc3cccc(C(=O)O)c3)nc3ccccc3c2=O)cc1C. The molecule has 3 aromatic carbocycles. The highest BCUT2D eigenvalue weighted by Crippen LogP contribution is 2.23. The standard InChI is InChI=1S/C25H21N3O4S/c1-15-10-11-19(12-16(15)2)28-23(30)20-8-3-4-9-21(20)27-25(28)33-14-22(29)26-18-7-5-6-17(13-18)24(31)32/h3-13H,14H2,1-2H3,(H,26,29)(H,31,32). The number of aryl methyl sites for hydroxylation is 2. The fraction of sp³-hybridized carbons (Fsp3) is 0.120. The third kappa shape index (κ3) is 4.80. The molecule has 8 heteroatoms. The number of rotatable bonds is 6. The minimum Gasteiger partial charge on any atom is -0.478 e. The van der Waals surface area contributed by atoms with Crippen molar-refractivity contribution in [3.8, 4) is 5.69 Å². The molecule has 0 aliphatic rings. The normalized spacial score (nSPS) is 10.8. The molecule has 0 radical (unpaired) electrons. The van der Waals surface area contributed by atoms with Crippen LogP contribution in [-0.4, -0.2) is 32.3 Å². The van der Waals surface area contributed by atoms with Gasteiger partial charge in [-0.2, -0.15) is 0 Å². The number of carboxylic acid groups (broad SMARTS) is 1. The number of hydrogen-bond donors (Lipinski definition) is 2. The Morgan fingerprint density at radius 1 is 1.00 bits per heavy atom. The van der Waals surface area contributed by atoms with Gasteiger partial charge in [-0.25, -0.2) is 9.78 Å². The van der Waals surface area contributed by atoms with Crippen LogP contribution in [0.2, 0.25) is 0 Å². The topological polar surface area (TPSA) is 101 Å². The number of nitrogens with zero attached hydrogens (tertiary/aromatic N) is 2. The number of aromatic carboxylic acids is 1. The van der Waals surface area contributed by atoms with Crippen LogP contribution < -0.4 is 10.9 Å². The van der Waals surface area contributed by atoms with Gasteiger partial charge in [0.1, 0.15) is 0 Å². The van der Waals surface area contributed by atoms with Crippen LogP contribution in [0.4, 0.5) is 5.69 Å². The Hall–Kier alpha value is -3.91. The molecule has 0 aliphatic heterocycles. The van der Waals surface area contributed by atoms with E-state index in [0.717, 1.165) is 22.9 Å². The first-order chi connectivity index (χ1) is 15.8. The molecule has 0 unspecified atom stereocenters. The number of thioether (sulfide) groups is 1. The van der Waals surface area contributed by atoms with Crippen LogP contribution in [0.5, 0.6) is 0 Å². The Balaban J connectivity index is 1.66. The van der Waals surface area contributed by atoms with Crippen molar-refractivity contribution >= 4 is 40.2 Å². The molecule has 4 aromatic rings. The zero-order valence-corrected chi connectivity index (χ0v) is 18.8. The van der Waals surface area contributed by atoms with Gasteiger partial charge in [-0.05, 0) is 67.4 Å². The van der Waals surface area contributed by atoms with Crippen molar-refractivity contribution in [2.45, 2.75) is 19.0 Å². The second-order valence-electron chi connectivity index (χ2n) is 7.54. The molecule has 0 bridgehead atoms. The Kier molecular flexibility index (Phi) is 6.28. The second-order valence-corrected chi connectivity index (χ2v) is 8.49. The van der Waals surface area contributed by atoms with Gasteiger partial charge in [-0.1, -0.05) is 36.0 Å². The molecule has 1 heterocycles. The summed E-state index contributed by atoms with van der Waals surface area (Å²) in [5, 5.41) is 12.7. The highest BCUT2D eigenvalue weighted by atomic mass is 32.2. The lowest BCUT2D eigenvalue weighted by molar-refractivity contribution is -0.113. The summed E-state index contributed by atoms with van der Waals surface area (Å²) in [6, 6.07) is 18.9. The van der Waals surface area contributed by atoms with Gasteiger partial charge in [-0.15, -0.1) is 0 Å². The summed E-state index contributed by atoms with van der Waals surface area (Å²) in [6.45, 7) is 3.98. The van der Waals surface area contributed by atoms with Crippen molar-refractivity contribution in [3.05, 3.63) is 93.8 Å². The molecule has 0 spiro atoms.